The van der Waals surface area contributed by atoms with E-state index in [1.165, 1.54) is 5.56 Å². The number of amidine groups is 1. The molecule has 0 aromatic carbocycles. The number of rotatable bonds is 6. The van der Waals surface area contributed by atoms with E-state index >= 15 is 0 Å². The second-order valence-electron chi connectivity index (χ2n) is 6.37. The minimum absolute atomic E-state index is 0.117. The Labute approximate surface area is 142 Å². The van der Waals surface area contributed by atoms with Crippen molar-refractivity contribution in [1.29, 1.82) is 0 Å². The molecule has 2 aliphatic heterocycles. The predicted octanol–water partition coefficient (Wildman–Crippen LogP) is 1.60. The molecule has 1 saturated heterocycles. The second kappa shape index (κ2) is 7.85. The van der Waals surface area contributed by atoms with Gasteiger partial charge in [0.2, 0.25) is 0 Å². The molecule has 3 heterocycles. The first-order valence-electron chi connectivity index (χ1n) is 8.57. The number of carbonyl (C=O) groups excluding carboxylic acids is 1. The first-order chi connectivity index (χ1) is 11.7. The van der Waals surface area contributed by atoms with Gasteiger partial charge in [-0.15, -0.1) is 0 Å². The van der Waals surface area contributed by atoms with Crippen molar-refractivity contribution in [2.45, 2.75) is 38.8 Å². The number of morpholine rings is 1. The number of ketones is 1. The van der Waals surface area contributed by atoms with Crippen molar-refractivity contribution < 1.29 is 14.3 Å². The highest BCUT2D eigenvalue weighted by molar-refractivity contribution is 6.01. The maximum absolute atomic E-state index is 12.1. The van der Waals surface area contributed by atoms with Crippen molar-refractivity contribution in [3.63, 3.8) is 0 Å². The molecule has 3 rings (SSSR count). The summed E-state index contributed by atoms with van der Waals surface area (Å²) in [5, 5.41) is 0. The third-order valence-corrected chi connectivity index (χ3v) is 4.61. The highest BCUT2D eigenvalue weighted by Gasteiger charge is 2.24. The number of fused-ring (bicyclic) bond motifs is 1. The van der Waals surface area contributed by atoms with Crippen LogP contribution in [-0.2, 0) is 27.2 Å². The molecule has 1 atom stereocenters. The number of hydrogen-bond acceptors (Lipinski definition) is 6. The lowest BCUT2D eigenvalue weighted by atomic mass is 10.0. The summed E-state index contributed by atoms with van der Waals surface area (Å²) in [7, 11) is 1.67. The molecular weight excluding hydrogens is 306 g/mol. The van der Waals surface area contributed by atoms with Gasteiger partial charge in [0, 0.05) is 50.5 Å². The zero-order chi connectivity index (χ0) is 16.9. The average Bonchev–Trinajstić information content (AvgIpc) is 3.03. The largest absolute Gasteiger partial charge is 0.382 e. The van der Waals surface area contributed by atoms with Crippen LogP contribution in [0.5, 0.6) is 0 Å². The molecule has 0 bridgehead atoms. The molecule has 0 aliphatic carbocycles. The van der Waals surface area contributed by atoms with Gasteiger partial charge in [-0.3, -0.25) is 14.8 Å². The number of aliphatic imine (C=N–C) groups is 1. The molecule has 1 aromatic heterocycles. The van der Waals surface area contributed by atoms with Crippen LogP contribution in [-0.4, -0.2) is 61.0 Å². The normalized spacial score (nSPS) is 18.2. The molecule has 2 aliphatic rings. The molecule has 0 radical (unpaired) electrons. The maximum atomic E-state index is 12.1. The molecule has 0 amide bonds. The van der Waals surface area contributed by atoms with Crippen LogP contribution in [0.3, 0.4) is 0 Å². The van der Waals surface area contributed by atoms with Crippen molar-refractivity contribution >= 4 is 11.6 Å². The number of nitrogens with zero attached hydrogens (tertiary/aromatic N) is 3. The third kappa shape index (κ3) is 3.99. The van der Waals surface area contributed by atoms with Gasteiger partial charge in [-0.1, -0.05) is 0 Å². The minimum Gasteiger partial charge on any atom is -0.382 e. The summed E-state index contributed by atoms with van der Waals surface area (Å²) in [6.45, 7) is 5.88. The van der Waals surface area contributed by atoms with Crippen molar-refractivity contribution in [2.24, 2.45) is 4.99 Å². The molecule has 1 fully saturated rings. The van der Waals surface area contributed by atoms with Gasteiger partial charge in [0.15, 0.2) is 0 Å². The Kier molecular flexibility index (Phi) is 5.58. The topological polar surface area (TPSA) is 64.0 Å². The fourth-order valence-corrected chi connectivity index (χ4v) is 3.04. The van der Waals surface area contributed by atoms with Gasteiger partial charge >= 0.3 is 0 Å². The first-order valence-corrected chi connectivity index (χ1v) is 8.57. The van der Waals surface area contributed by atoms with Crippen molar-refractivity contribution in [3.05, 3.63) is 29.1 Å². The second-order valence-corrected chi connectivity index (χ2v) is 6.37. The van der Waals surface area contributed by atoms with Gasteiger partial charge in [0.05, 0.1) is 25.9 Å². The lowest BCUT2D eigenvalue weighted by Crippen LogP contribution is -2.40. The summed E-state index contributed by atoms with van der Waals surface area (Å²) >= 11 is 0. The third-order valence-electron chi connectivity index (χ3n) is 4.61. The Bertz CT molecular complexity index is 624. The smallest absolute Gasteiger partial charge is 0.138 e. The van der Waals surface area contributed by atoms with Gasteiger partial charge in [-0.25, -0.2) is 0 Å². The Morgan fingerprint density at radius 1 is 1.42 bits per heavy atom. The van der Waals surface area contributed by atoms with Crippen LogP contribution in [0.4, 0.5) is 0 Å². The lowest BCUT2D eigenvalue weighted by Gasteiger charge is -2.28. The average molecular weight is 331 g/mol. The van der Waals surface area contributed by atoms with Gasteiger partial charge in [-0.05, 0) is 25.0 Å². The van der Waals surface area contributed by atoms with E-state index in [0.29, 0.717) is 19.4 Å². The van der Waals surface area contributed by atoms with E-state index in [0.717, 1.165) is 49.8 Å². The highest BCUT2D eigenvalue weighted by Crippen LogP contribution is 2.22. The number of aromatic nitrogens is 1. The summed E-state index contributed by atoms with van der Waals surface area (Å²) < 4.78 is 10.6. The Balaban J connectivity index is 1.60. The molecule has 0 spiro atoms. The van der Waals surface area contributed by atoms with Crippen LogP contribution in [0.15, 0.2) is 17.3 Å². The van der Waals surface area contributed by atoms with Crippen LogP contribution in [0.25, 0.3) is 0 Å². The van der Waals surface area contributed by atoms with E-state index in [1.807, 2.05) is 19.2 Å². The molecule has 1 aromatic rings. The summed E-state index contributed by atoms with van der Waals surface area (Å²) in [6.07, 6.45) is 3.66. The molecule has 6 heteroatoms. The molecule has 0 N–H and O–H groups in total. The molecule has 0 saturated carbocycles. The molecule has 130 valence electrons. The molecular formula is C18H25N3O3. The summed E-state index contributed by atoms with van der Waals surface area (Å²) in [6, 6.07) is 2.03. The fourth-order valence-electron chi connectivity index (χ4n) is 3.04. The minimum atomic E-state index is 0.117. The SMILES string of the molecule is CO[C@@H](C)CCC(=O)Cc1cc2c(cn1)C(N1CCOCC1)=NC2. The summed E-state index contributed by atoms with van der Waals surface area (Å²) in [5.74, 6) is 1.23. The monoisotopic (exact) mass is 331 g/mol. The van der Waals surface area contributed by atoms with E-state index in [9.17, 15) is 4.79 Å². The summed E-state index contributed by atoms with van der Waals surface area (Å²) in [4.78, 5) is 23.5. The van der Waals surface area contributed by atoms with Crippen LogP contribution in [0, 0.1) is 0 Å². The standard InChI is InChI=1S/C18H25N3O3/c1-13(23-2)3-4-16(22)10-15-9-14-11-20-18(17(14)12-19-15)21-5-7-24-8-6-21/h9,12-13H,3-8,10-11H2,1-2H3/t13-/m0/s1. The molecule has 6 nitrogen and oxygen atoms in total. The van der Waals surface area contributed by atoms with Gasteiger partial charge < -0.3 is 14.4 Å². The van der Waals surface area contributed by atoms with Crippen molar-refractivity contribution in [2.75, 3.05) is 33.4 Å². The van der Waals surface area contributed by atoms with Crippen molar-refractivity contribution in [3.8, 4) is 0 Å². The van der Waals surface area contributed by atoms with Gasteiger partial charge in [0.25, 0.3) is 0 Å². The van der Waals surface area contributed by atoms with E-state index in [-0.39, 0.29) is 11.9 Å². The Hall–Kier alpha value is -1.79. The van der Waals surface area contributed by atoms with E-state index < -0.39 is 0 Å². The number of ether oxygens (including phenoxy) is 2. The number of Topliss-reactive ketones (excluding diaryl/α,β-unsaturated/α-hetero) is 1. The van der Waals surface area contributed by atoms with Crippen LogP contribution in [0.2, 0.25) is 0 Å². The maximum Gasteiger partial charge on any atom is 0.138 e. The Morgan fingerprint density at radius 3 is 2.96 bits per heavy atom. The fraction of sp³-hybridized carbons (Fsp3) is 0.611. The zero-order valence-corrected chi connectivity index (χ0v) is 14.5. The quantitative estimate of drug-likeness (QED) is 0.792. The lowest BCUT2D eigenvalue weighted by molar-refractivity contribution is -0.119. The van der Waals surface area contributed by atoms with E-state index in [1.54, 1.807) is 7.11 Å². The van der Waals surface area contributed by atoms with Gasteiger partial charge in [-0.2, -0.15) is 0 Å². The van der Waals surface area contributed by atoms with Crippen molar-refractivity contribution in [1.82, 2.24) is 9.88 Å². The predicted molar refractivity (Wildman–Crippen MR) is 91.3 cm³/mol. The first kappa shape index (κ1) is 17.0. The zero-order valence-electron chi connectivity index (χ0n) is 14.5. The highest BCUT2D eigenvalue weighted by atomic mass is 16.5. The number of carbonyl (C=O) groups is 1. The van der Waals surface area contributed by atoms with Gasteiger partial charge in [0.1, 0.15) is 11.6 Å². The Morgan fingerprint density at radius 2 is 2.21 bits per heavy atom. The molecule has 0 unspecified atom stereocenters. The van der Waals surface area contributed by atoms with E-state index in [2.05, 4.69) is 14.9 Å². The van der Waals surface area contributed by atoms with Crippen LogP contribution >= 0.6 is 0 Å². The van der Waals surface area contributed by atoms with Crippen LogP contribution in [0.1, 0.15) is 36.6 Å². The molecule has 24 heavy (non-hydrogen) atoms. The van der Waals surface area contributed by atoms with E-state index in [4.69, 9.17) is 9.47 Å². The summed E-state index contributed by atoms with van der Waals surface area (Å²) in [5.41, 5.74) is 3.10. The number of methoxy groups -OCH3 is 1. The number of pyridine rings is 1. The van der Waals surface area contributed by atoms with Crippen LogP contribution < -0.4 is 0 Å². The number of hydrogen-bond donors (Lipinski definition) is 0.